The number of allylic oxidation sites excluding steroid dienone is 4. The summed E-state index contributed by atoms with van der Waals surface area (Å²) >= 11 is 0. The maximum absolute atomic E-state index is 11.7. The second kappa shape index (κ2) is 14.0. The lowest BCUT2D eigenvalue weighted by molar-refractivity contribution is -0.145. The molecule has 0 fully saturated rings. The smallest absolute Gasteiger partial charge is 0.306 e. The summed E-state index contributed by atoms with van der Waals surface area (Å²) < 4.78 is 5.15. The number of esters is 1. The van der Waals surface area contributed by atoms with E-state index in [2.05, 4.69) is 39.8 Å². The summed E-state index contributed by atoms with van der Waals surface area (Å²) in [5.41, 5.74) is 2.78. The average molecular weight is 337 g/mol. The number of carbonyl (C=O) groups is 2. The van der Waals surface area contributed by atoms with Crippen LogP contribution in [0, 0.1) is 5.92 Å². The Hall–Kier alpha value is -1.38. The van der Waals surface area contributed by atoms with Crippen LogP contribution in [0.1, 0.15) is 86.0 Å². The molecule has 0 spiro atoms. The maximum atomic E-state index is 11.7. The molecule has 0 aliphatic carbocycles. The van der Waals surface area contributed by atoms with Gasteiger partial charge in [0.05, 0.1) is 6.61 Å². The lowest BCUT2D eigenvalue weighted by Crippen LogP contribution is -2.12. The van der Waals surface area contributed by atoms with Crippen LogP contribution in [0.2, 0.25) is 0 Å². The molecule has 24 heavy (non-hydrogen) atoms. The molecule has 0 saturated carbocycles. The fourth-order valence-corrected chi connectivity index (χ4v) is 2.43. The molecule has 0 rings (SSSR count). The monoisotopic (exact) mass is 336 g/mol. The van der Waals surface area contributed by atoms with Gasteiger partial charge in [-0.3, -0.25) is 9.59 Å². The molecule has 3 heteroatoms. The van der Waals surface area contributed by atoms with Crippen molar-refractivity contribution in [3.63, 3.8) is 0 Å². The van der Waals surface area contributed by atoms with Gasteiger partial charge in [-0.05, 0) is 58.8 Å². The molecular formula is C21H36O3. The van der Waals surface area contributed by atoms with Crippen LogP contribution in [-0.4, -0.2) is 18.4 Å². The van der Waals surface area contributed by atoms with Crippen LogP contribution < -0.4 is 0 Å². The van der Waals surface area contributed by atoms with Gasteiger partial charge in [-0.25, -0.2) is 0 Å². The molecule has 0 aliphatic heterocycles. The van der Waals surface area contributed by atoms with Gasteiger partial charge in [0.15, 0.2) is 0 Å². The van der Waals surface area contributed by atoms with Gasteiger partial charge in [0, 0.05) is 19.3 Å². The number of hydrogen-bond donors (Lipinski definition) is 0. The highest BCUT2D eigenvalue weighted by atomic mass is 16.5. The third-order valence-corrected chi connectivity index (χ3v) is 3.93. The Morgan fingerprint density at radius 3 is 2.33 bits per heavy atom. The summed E-state index contributed by atoms with van der Waals surface area (Å²) in [6, 6.07) is 0. The first kappa shape index (κ1) is 22.6. The molecule has 138 valence electrons. The molecule has 0 aromatic rings. The standard InChI is InChI=1S/C21H36O3/c1-6-9-20(22)14-15-24-21(23)16-19(5)13-8-12-18(4)11-7-10-17(2)3/h10,12,19H,6-9,11,13-16H2,1-5H3/b18-12+/t19-/m0/s1. The molecule has 0 N–H and O–H groups in total. The summed E-state index contributed by atoms with van der Waals surface area (Å²) in [6.45, 7) is 10.7. The van der Waals surface area contributed by atoms with E-state index in [0.717, 1.165) is 32.1 Å². The summed E-state index contributed by atoms with van der Waals surface area (Å²) in [7, 11) is 0. The van der Waals surface area contributed by atoms with Gasteiger partial charge < -0.3 is 4.74 Å². The van der Waals surface area contributed by atoms with Crippen LogP contribution in [0.3, 0.4) is 0 Å². The molecule has 0 aromatic heterocycles. The van der Waals surface area contributed by atoms with E-state index in [1.807, 2.05) is 6.92 Å². The van der Waals surface area contributed by atoms with E-state index < -0.39 is 0 Å². The molecule has 0 unspecified atom stereocenters. The number of ether oxygens (including phenoxy) is 1. The van der Waals surface area contributed by atoms with Crippen LogP contribution in [-0.2, 0) is 14.3 Å². The van der Waals surface area contributed by atoms with Crippen molar-refractivity contribution in [3.05, 3.63) is 23.3 Å². The van der Waals surface area contributed by atoms with Crippen molar-refractivity contribution in [2.75, 3.05) is 6.61 Å². The zero-order chi connectivity index (χ0) is 18.4. The van der Waals surface area contributed by atoms with E-state index in [9.17, 15) is 9.59 Å². The SMILES string of the molecule is CCCC(=O)CCOC(=O)C[C@@H](C)CC/C=C(\C)CCC=C(C)C. The molecule has 0 aromatic carbocycles. The van der Waals surface area contributed by atoms with Crippen molar-refractivity contribution < 1.29 is 14.3 Å². The average Bonchev–Trinajstić information content (AvgIpc) is 2.46. The van der Waals surface area contributed by atoms with E-state index in [-0.39, 0.29) is 18.4 Å². The topological polar surface area (TPSA) is 43.4 Å². The van der Waals surface area contributed by atoms with E-state index in [4.69, 9.17) is 4.74 Å². The summed E-state index contributed by atoms with van der Waals surface area (Å²) in [5, 5.41) is 0. The van der Waals surface area contributed by atoms with Gasteiger partial charge in [0.25, 0.3) is 0 Å². The van der Waals surface area contributed by atoms with E-state index in [0.29, 0.717) is 25.2 Å². The van der Waals surface area contributed by atoms with Gasteiger partial charge in [0.1, 0.15) is 5.78 Å². The number of Topliss-reactive ketones (excluding diaryl/α,β-unsaturated/α-hetero) is 1. The number of hydrogen-bond acceptors (Lipinski definition) is 3. The van der Waals surface area contributed by atoms with Crippen molar-refractivity contribution in [2.24, 2.45) is 5.92 Å². The van der Waals surface area contributed by atoms with Crippen molar-refractivity contribution in [3.8, 4) is 0 Å². The van der Waals surface area contributed by atoms with Crippen LogP contribution in [0.4, 0.5) is 0 Å². The first-order valence-corrected chi connectivity index (χ1v) is 9.31. The first-order chi connectivity index (χ1) is 11.3. The van der Waals surface area contributed by atoms with Crippen molar-refractivity contribution in [1.29, 1.82) is 0 Å². The lowest BCUT2D eigenvalue weighted by Gasteiger charge is -2.10. The predicted octanol–water partition coefficient (Wildman–Crippen LogP) is 5.79. The molecule has 0 radical (unpaired) electrons. The normalized spacial score (nSPS) is 12.6. The minimum atomic E-state index is -0.184. The minimum Gasteiger partial charge on any atom is -0.465 e. The van der Waals surface area contributed by atoms with E-state index >= 15 is 0 Å². The fourth-order valence-electron chi connectivity index (χ4n) is 2.43. The zero-order valence-electron chi connectivity index (χ0n) is 16.3. The molecule has 1 atom stereocenters. The third-order valence-electron chi connectivity index (χ3n) is 3.93. The Labute approximate surface area is 148 Å². The van der Waals surface area contributed by atoms with Gasteiger partial charge in [0.2, 0.25) is 0 Å². The number of rotatable bonds is 13. The Morgan fingerprint density at radius 1 is 1.00 bits per heavy atom. The molecule has 0 amide bonds. The van der Waals surface area contributed by atoms with Crippen LogP contribution >= 0.6 is 0 Å². The highest BCUT2D eigenvalue weighted by Crippen LogP contribution is 2.14. The minimum absolute atomic E-state index is 0.173. The quantitative estimate of drug-likeness (QED) is 0.316. The molecule has 0 aliphatic rings. The summed E-state index contributed by atoms with van der Waals surface area (Å²) in [6.07, 6.45) is 11.0. The van der Waals surface area contributed by atoms with Crippen molar-refractivity contribution in [1.82, 2.24) is 0 Å². The second-order valence-corrected chi connectivity index (χ2v) is 7.02. The molecule has 3 nitrogen and oxygen atoms in total. The van der Waals surface area contributed by atoms with Crippen LogP contribution in [0.15, 0.2) is 23.3 Å². The van der Waals surface area contributed by atoms with Crippen LogP contribution in [0.5, 0.6) is 0 Å². The second-order valence-electron chi connectivity index (χ2n) is 7.02. The largest absolute Gasteiger partial charge is 0.465 e. The van der Waals surface area contributed by atoms with E-state index in [1.165, 1.54) is 11.1 Å². The summed E-state index contributed by atoms with van der Waals surface area (Å²) in [4.78, 5) is 23.1. The molecular weight excluding hydrogens is 300 g/mol. The lowest BCUT2D eigenvalue weighted by atomic mass is 10.00. The Bertz CT molecular complexity index is 428. The fraction of sp³-hybridized carbons (Fsp3) is 0.714. The number of carbonyl (C=O) groups excluding carboxylic acids is 2. The van der Waals surface area contributed by atoms with Gasteiger partial charge >= 0.3 is 5.97 Å². The van der Waals surface area contributed by atoms with E-state index in [1.54, 1.807) is 0 Å². The predicted molar refractivity (Wildman–Crippen MR) is 101 cm³/mol. The Balaban J connectivity index is 3.84. The Morgan fingerprint density at radius 2 is 1.71 bits per heavy atom. The maximum Gasteiger partial charge on any atom is 0.306 e. The Kier molecular flexibility index (Phi) is 13.2. The molecule has 0 bridgehead atoms. The van der Waals surface area contributed by atoms with Crippen LogP contribution in [0.25, 0.3) is 0 Å². The van der Waals surface area contributed by atoms with Crippen molar-refractivity contribution >= 4 is 11.8 Å². The van der Waals surface area contributed by atoms with Gasteiger partial charge in [-0.2, -0.15) is 0 Å². The first-order valence-electron chi connectivity index (χ1n) is 9.31. The molecule has 0 heterocycles. The highest BCUT2D eigenvalue weighted by Gasteiger charge is 2.10. The molecule has 0 saturated heterocycles. The van der Waals surface area contributed by atoms with Gasteiger partial charge in [-0.15, -0.1) is 0 Å². The zero-order valence-corrected chi connectivity index (χ0v) is 16.3. The number of ketones is 1. The third kappa shape index (κ3) is 14.2. The highest BCUT2D eigenvalue weighted by molar-refractivity contribution is 5.78. The van der Waals surface area contributed by atoms with Gasteiger partial charge in [-0.1, -0.05) is 37.1 Å². The van der Waals surface area contributed by atoms with Crippen molar-refractivity contribution in [2.45, 2.75) is 86.0 Å². The summed E-state index contributed by atoms with van der Waals surface area (Å²) in [5.74, 6) is 0.300.